The first kappa shape index (κ1) is 13.4. The molecule has 5 heteroatoms. The van der Waals surface area contributed by atoms with Gasteiger partial charge in [-0.25, -0.2) is 4.98 Å². The van der Waals surface area contributed by atoms with Gasteiger partial charge in [-0.15, -0.1) is 0 Å². The highest BCUT2D eigenvalue weighted by molar-refractivity contribution is 5.62. The fourth-order valence-electron chi connectivity index (χ4n) is 2.23. The lowest BCUT2D eigenvalue weighted by atomic mass is 10.1. The van der Waals surface area contributed by atoms with Crippen molar-refractivity contribution in [3.63, 3.8) is 0 Å². The molecule has 0 aliphatic carbocycles. The number of anilines is 1. The Morgan fingerprint density at radius 3 is 2.71 bits per heavy atom. The van der Waals surface area contributed by atoms with Crippen molar-refractivity contribution in [1.29, 1.82) is 0 Å². The summed E-state index contributed by atoms with van der Waals surface area (Å²) in [5, 5.41) is 10.5. The van der Waals surface area contributed by atoms with Crippen LogP contribution in [0.15, 0.2) is 40.8 Å². The predicted octanol–water partition coefficient (Wildman–Crippen LogP) is 3.85. The Balaban J connectivity index is 1.80. The molecule has 0 bridgehead atoms. The second-order valence-electron chi connectivity index (χ2n) is 5.14. The molecule has 5 nitrogen and oxygen atoms in total. The van der Waals surface area contributed by atoms with Crippen LogP contribution in [0, 0.1) is 13.8 Å². The number of hydrogen-bond donors (Lipinski definition) is 2. The summed E-state index contributed by atoms with van der Waals surface area (Å²) in [5.74, 6) is 3.36. The van der Waals surface area contributed by atoms with Gasteiger partial charge >= 0.3 is 0 Å². The monoisotopic (exact) mass is 282 g/mol. The largest absolute Gasteiger partial charge is 0.464 e. The second-order valence-corrected chi connectivity index (χ2v) is 5.14. The summed E-state index contributed by atoms with van der Waals surface area (Å²) in [6.07, 6.45) is 0. The van der Waals surface area contributed by atoms with Crippen molar-refractivity contribution in [2.75, 3.05) is 5.32 Å². The highest BCUT2D eigenvalue weighted by Crippen LogP contribution is 2.24. The van der Waals surface area contributed by atoms with Gasteiger partial charge in [0.25, 0.3) is 0 Å². The summed E-state index contributed by atoms with van der Waals surface area (Å²) in [6.45, 7) is 5.91. The van der Waals surface area contributed by atoms with E-state index >= 15 is 0 Å². The molecule has 0 aliphatic rings. The van der Waals surface area contributed by atoms with Crippen LogP contribution < -0.4 is 5.32 Å². The number of H-pyrrole nitrogens is 1. The van der Waals surface area contributed by atoms with E-state index in [1.807, 2.05) is 50.2 Å². The smallest absolute Gasteiger partial charge is 0.181 e. The average molecular weight is 282 g/mol. The Morgan fingerprint density at radius 2 is 2.05 bits per heavy atom. The molecule has 0 fully saturated rings. The standard InChI is InChI=1S/C16H18N4O/c1-10-7-8-15(21-10)11(2)17-14-6-4-5-13(9-14)16-18-12(3)19-20-16/h4-9,11,17H,1-3H3,(H,18,19,20). The third kappa shape index (κ3) is 2.97. The van der Waals surface area contributed by atoms with Gasteiger partial charge in [0.05, 0.1) is 6.04 Å². The molecule has 1 aromatic carbocycles. The first-order valence-electron chi connectivity index (χ1n) is 6.94. The molecule has 0 saturated heterocycles. The molecule has 3 rings (SSSR count). The highest BCUT2D eigenvalue weighted by atomic mass is 16.3. The summed E-state index contributed by atoms with van der Waals surface area (Å²) in [6, 6.07) is 12.1. The van der Waals surface area contributed by atoms with E-state index in [1.54, 1.807) is 0 Å². The van der Waals surface area contributed by atoms with Crippen LogP contribution in [-0.2, 0) is 0 Å². The first-order valence-corrected chi connectivity index (χ1v) is 6.94. The van der Waals surface area contributed by atoms with Gasteiger partial charge in [-0.2, -0.15) is 5.10 Å². The van der Waals surface area contributed by atoms with Crippen LogP contribution in [0.1, 0.15) is 30.3 Å². The normalized spacial score (nSPS) is 12.3. The van der Waals surface area contributed by atoms with Gasteiger partial charge in [0, 0.05) is 11.3 Å². The van der Waals surface area contributed by atoms with Gasteiger partial charge in [-0.05, 0) is 45.0 Å². The maximum absolute atomic E-state index is 5.64. The molecule has 1 unspecified atom stereocenters. The van der Waals surface area contributed by atoms with Crippen LogP contribution >= 0.6 is 0 Å². The van der Waals surface area contributed by atoms with E-state index in [9.17, 15) is 0 Å². The van der Waals surface area contributed by atoms with Crippen molar-refractivity contribution < 1.29 is 4.42 Å². The van der Waals surface area contributed by atoms with Crippen molar-refractivity contribution in [2.45, 2.75) is 26.8 Å². The van der Waals surface area contributed by atoms with E-state index < -0.39 is 0 Å². The van der Waals surface area contributed by atoms with Gasteiger partial charge < -0.3 is 9.73 Å². The number of furan rings is 1. The molecule has 108 valence electrons. The lowest BCUT2D eigenvalue weighted by Gasteiger charge is -2.13. The third-order valence-corrected chi connectivity index (χ3v) is 3.29. The quantitative estimate of drug-likeness (QED) is 0.762. The molecule has 0 amide bonds. The van der Waals surface area contributed by atoms with Crippen LogP contribution in [0.3, 0.4) is 0 Å². The van der Waals surface area contributed by atoms with Crippen molar-refractivity contribution in [3.05, 3.63) is 53.7 Å². The Labute approximate surface area is 123 Å². The van der Waals surface area contributed by atoms with Gasteiger partial charge in [0.15, 0.2) is 5.82 Å². The molecule has 2 heterocycles. The molecule has 2 aromatic heterocycles. The Kier molecular flexibility index (Phi) is 3.48. The molecular weight excluding hydrogens is 264 g/mol. The van der Waals surface area contributed by atoms with Crippen LogP contribution in [0.4, 0.5) is 5.69 Å². The van der Waals surface area contributed by atoms with E-state index in [-0.39, 0.29) is 6.04 Å². The lowest BCUT2D eigenvalue weighted by molar-refractivity contribution is 0.467. The topological polar surface area (TPSA) is 66.7 Å². The molecular formula is C16H18N4O. The SMILES string of the molecule is Cc1nc(-c2cccc(NC(C)c3ccc(C)o3)c2)n[nH]1. The van der Waals surface area contributed by atoms with Crippen molar-refractivity contribution >= 4 is 5.69 Å². The Bertz CT molecular complexity index is 744. The van der Waals surface area contributed by atoms with Crippen LogP contribution in [-0.4, -0.2) is 15.2 Å². The van der Waals surface area contributed by atoms with Crippen molar-refractivity contribution in [1.82, 2.24) is 15.2 Å². The number of hydrogen-bond acceptors (Lipinski definition) is 4. The number of nitrogens with zero attached hydrogens (tertiary/aromatic N) is 2. The van der Waals surface area contributed by atoms with E-state index in [2.05, 4.69) is 27.4 Å². The van der Waals surface area contributed by atoms with Gasteiger partial charge in [0.2, 0.25) is 0 Å². The molecule has 0 aliphatic heterocycles. The third-order valence-electron chi connectivity index (χ3n) is 3.29. The van der Waals surface area contributed by atoms with Crippen molar-refractivity contribution in [3.8, 4) is 11.4 Å². The fraction of sp³-hybridized carbons (Fsp3) is 0.250. The number of aromatic nitrogens is 3. The molecule has 0 spiro atoms. The van der Waals surface area contributed by atoms with E-state index in [4.69, 9.17) is 4.42 Å². The molecule has 21 heavy (non-hydrogen) atoms. The van der Waals surface area contributed by atoms with Crippen LogP contribution in [0.5, 0.6) is 0 Å². The van der Waals surface area contributed by atoms with Gasteiger partial charge in [-0.1, -0.05) is 12.1 Å². The molecule has 2 N–H and O–H groups in total. The minimum absolute atomic E-state index is 0.0998. The zero-order valence-corrected chi connectivity index (χ0v) is 12.3. The summed E-state index contributed by atoms with van der Waals surface area (Å²) < 4.78 is 5.64. The number of nitrogens with one attached hydrogen (secondary N) is 2. The number of rotatable bonds is 4. The molecule has 1 atom stereocenters. The molecule has 0 saturated carbocycles. The fourth-order valence-corrected chi connectivity index (χ4v) is 2.23. The van der Waals surface area contributed by atoms with E-state index in [0.29, 0.717) is 5.82 Å². The highest BCUT2D eigenvalue weighted by Gasteiger charge is 2.10. The van der Waals surface area contributed by atoms with Crippen molar-refractivity contribution in [2.24, 2.45) is 0 Å². The average Bonchev–Trinajstić information content (AvgIpc) is 3.08. The Morgan fingerprint density at radius 1 is 1.19 bits per heavy atom. The minimum Gasteiger partial charge on any atom is -0.464 e. The number of aryl methyl sites for hydroxylation is 2. The predicted molar refractivity (Wildman–Crippen MR) is 82.0 cm³/mol. The second kappa shape index (κ2) is 5.44. The maximum Gasteiger partial charge on any atom is 0.181 e. The lowest BCUT2D eigenvalue weighted by Crippen LogP contribution is -2.05. The first-order chi connectivity index (χ1) is 10.1. The van der Waals surface area contributed by atoms with Crippen LogP contribution in [0.2, 0.25) is 0 Å². The van der Waals surface area contributed by atoms with Gasteiger partial charge in [-0.3, -0.25) is 5.10 Å². The number of benzene rings is 1. The zero-order chi connectivity index (χ0) is 14.8. The van der Waals surface area contributed by atoms with Crippen LogP contribution in [0.25, 0.3) is 11.4 Å². The molecule has 3 aromatic rings. The number of aromatic amines is 1. The minimum atomic E-state index is 0.0998. The summed E-state index contributed by atoms with van der Waals surface area (Å²) in [7, 11) is 0. The Hall–Kier alpha value is -2.56. The summed E-state index contributed by atoms with van der Waals surface area (Å²) in [4.78, 5) is 4.35. The zero-order valence-electron chi connectivity index (χ0n) is 12.3. The van der Waals surface area contributed by atoms with Gasteiger partial charge in [0.1, 0.15) is 17.3 Å². The van der Waals surface area contributed by atoms with E-state index in [1.165, 1.54) is 0 Å². The van der Waals surface area contributed by atoms with E-state index in [0.717, 1.165) is 28.6 Å². The maximum atomic E-state index is 5.64. The summed E-state index contributed by atoms with van der Waals surface area (Å²) >= 11 is 0. The molecule has 0 radical (unpaired) electrons. The summed E-state index contributed by atoms with van der Waals surface area (Å²) in [5.41, 5.74) is 1.99.